The van der Waals surface area contributed by atoms with E-state index in [2.05, 4.69) is 157 Å². The molecule has 0 saturated heterocycles. The van der Waals surface area contributed by atoms with E-state index in [0.717, 1.165) is 5.69 Å². The van der Waals surface area contributed by atoms with Crippen LogP contribution in [0.5, 0.6) is 0 Å². The van der Waals surface area contributed by atoms with E-state index in [1.807, 2.05) is 23.5 Å². The molecule has 41 heavy (non-hydrogen) atoms. The van der Waals surface area contributed by atoms with Crippen molar-refractivity contribution < 1.29 is 0 Å². The summed E-state index contributed by atoms with van der Waals surface area (Å²) < 4.78 is 0. The molecule has 0 radical (unpaired) electrons. The van der Waals surface area contributed by atoms with Gasteiger partial charge in [-0.3, -0.25) is 0 Å². The van der Waals surface area contributed by atoms with Crippen molar-refractivity contribution in [3.63, 3.8) is 0 Å². The summed E-state index contributed by atoms with van der Waals surface area (Å²) in [4.78, 5) is 7.72. The number of nitrogens with zero attached hydrogens (tertiary/aromatic N) is 1. The van der Waals surface area contributed by atoms with Crippen LogP contribution < -0.4 is 4.90 Å². The fraction of sp³-hybridized carbons (Fsp3) is 0. The maximum absolute atomic E-state index is 2.41. The SMILES string of the molecule is c1ccc(N(c2cccc3ccccc23)c2ccc(-c3cccc4c3Sc3ccccc3S4)c3ccccc23)cc1. The van der Waals surface area contributed by atoms with E-state index in [1.54, 1.807) is 0 Å². The van der Waals surface area contributed by atoms with Gasteiger partial charge in [-0.1, -0.05) is 133 Å². The molecule has 0 amide bonds. The van der Waals surface area contributed by atoms with Crippen LogP contribution in [0, 0.1) is 0 Å². The van der Waals surface area contributed by atoms with E-state index in [9.17, 15) is 0 Å². The summed E-state index contributed by atoms with van der Waals surface area (Å²) in [5, 5.41) is 4.95. The number of hydrogen-bond donors (Lipinski definition) is 0. The lowest BCUT2D eigenvalue weighted by molar-refractivity contribution is 1.16. The lowest BCUT2D eigenvalue weighted by Gasteiger charge is -2.29. The molecule has 0 fully saturated rings. The molecule has 0 atom stereocenters. The summed E-state index contributed by atoms with van der Waals surface area (Å²) in [5.41, 5.74) is 6.03. The second kappa shape index (κ2) is 10.2. The van der Waals surface area contributed by atoms with Gasteiger partial charge in [0.05, 0.1) is 11.4 Å². The van der Waals surface area contributed by atoms with Gasteiger partial charge in [0.25, 0.3) is 0 Å². The first kappa shape index (κ1) is 24.4. The van der Waals surface area contributed by atoms with Crippen molar-refractivity contribution in [2.45, 2.75) is 19.6 Å². The van der Waals surface area contributed by atoms with E-state index in [-0.39, 0.29) is 0 Å². The Labute approximate surface area is 248 Å². The van der Waals surface area contributed by atoms with Crippen LogP contribution in [0.1, 0.15) is 0 Å². The Morgan fingerprint density at radius 2 is 0.976 bits per heavy atom. The van der Waals surface area contributed by atoms with Crippen LogP contribution >= 0.6 is 23.5 Å². The Hall–Kier alpha value is -4.44. The molecule has 0 aliphatic carbocycles. The average molecular weight is 560 g/mol. The molecule has 0 spiro atoms. The third-order valence-electron chi connectivity index (χ3n) is 7.71. The summed E-state index contributed by atoms with van der Waals surface area (Å²) in [7, 11) is 0. The molecule has 0 aromatic heterocycles. The highest BCUT2D eigenvalue weighted by Gasteiger charge is 2.23. The summed E-state index contributed by atoms with van der Waals surface area (Å²) in [5.74, 6) is 0. The summed E-state index contributed by atoms with van der Waals surface area (Å²) in [6.07, 6.45) is 0. The maximum Gasteiger partial charge on any atom is 0.0540 e. The Kier molecular flexibility index (Phi) is 6.06. The molecule has 7 aromatic rings. The van der Waals surface area contributed by atoms with Gasteiger partial charge in [-0.15, -0.1) is 0 Å². The predicted molar refractivity (Wildman–Crippen MR) is 176 cm³/mol. The van der Waals surface area contributed by atoms with Gasteiger partial charge in [-0.25, -0.2) is 0 Å². The normalized spacial score (nSPS) is 12.2. The molecule has 1 aliphatic heterocycles. The number of para-hydroxylation sites is 1. The van der Waals surface area contributed by atoms with Gasteiger partial charge in [0.15, 0.2) is 0 Å². The third kappa shape index (κ3) is 4.21. The van der Waals surface area contributed by atoms with Crippen molar-refractivity contribution in [1.82, 2.24) is 0 Å². The molecule has 0 N–H and O–H groups in total. The van der Waals surface area contributed by atoms with E-state index in [1.165, 1.54) is 63.6 Å². The quantitative estimate of drug-likeness (QED) is 0.211. The predicted octanol–water partition coefficient (Wildman–Crippen LogP) is 11.7. The zero-order chi connectivity index (χ0) is 27.2. The van der Waals surface area contributed by atoms with Gasteiger partial charge >= 0.3 is 0 Å². The fourth-order valence-electron chi connectivity index (χ4n) is 5.86. The van der Waals surface area contributed by atoms with E-state index >= 15 is 0 Å². The summed E-state index contributed by atoms with van der Waals surface area (Å²) >= 11 is 3.76. The fourth-order valence-corrected chi connectivity index (χ4v) is 8.26. The first-order chi connectivity index (χ1) is 20.3. The summed E-state index contributed by atoms with van der Waals surface area (Å²) in [6, 6.07) is 54.9. The number of hydrogen-bond acceptors (Lipinski definition) is 3. The maximum atomic E-state index is 2.41. The Morgan fingerprint density at radius 1 is 0.366 bits per heavy atom. The standard InChI is InChI=1S/C38H25NS2/c1-2-14-27(15-3-1)39(33-20-10-13-26-12-4-5-16-28(26)33)34-25-24-30(29-17-6-7-18-31(29)34)32-19-11-23-37-38(32)41-36-22-9-8-21-35(36)40-37/h1-25H. The number of anilines is 3. The third-order valence-corrected chi connectivity index (χ3v) is 10.3. The highest BCUT2D eigenvalue weighted by molar-refractivity contribution is 8.05. The second-order valence-corrected chi connectivity index (χ2v) is 12.3. The highest BCUT2D eigenvalue weighted by Crippen LogP contribution is 2.53. The highest BCUT2D eigenvalue weighted by atomic mass is 32.2. The molecular formula is C38H25NS2. The van der Waals surface area contributed by atoms with Crippen molar-refractivity contribution >= 4 is 62.1 Å². The minimum Gasteiger partial charge on any atom is -0.309 e. The molecule has 0 bridgehead atoms. The molecule has 0 saturated carbocycles. The molecule has 8 rings (SSSR count). The average Bonchev–Trinajstić information content (AvgIpc) is 3.04. The lowest BCUT2D eigenvalue weighted by Crippen LogP contribution is -2.11. The van der Waals surface area contributed by atoms with E-state index < -0.39 is 0 Å². The van der Waals surface area contributed by atoms with Crippen LogP contribution in [0.25, 0.3) is 32.7 Å². The number of fused-ring (bicyclic) bond motifs is 4. The minimum absolute atomic E-state index is 1.14. The smallest absolute Gasteiger partial charge is 0.0540 e. The molecular weight excluding hydrogens is 535 g/mol. The molecule has 0 unspecified atom stereocenters. The van der Waals surface area contributed by atoms with Gasteiger partial charge in [-0.05, 0) is 64.4 Å². The van der Waals surface area contributed by atoms with E-state index in [0.29, 0.717) is 0 Å². The van der Waals surface area contributed by atoms with Gasteiger partial charge in [-0.2, -0.15) is 0 Å². The molecule has 194 valence electrons. The topological polar surface area (TPSA) is 3.24 Å². The lowest BCUT2D eigenvalue weighted by atomic mass is 9.96. The largest absolute Gasteiger partial charge is 0.309 e. The van der Waals surface area contributed by atoms with Crippen LogP contribution in [0.3, 0.4) is 0 Å². The van der Waals surface area contributed by atoms with Crippen LogP contribution in [0.4, 0.5) is 17.1 Å². The van der Waals surface area contributed by atoms with Crippen LogP contribution in [0.15, 0.2) is 171 Å². The Balaban J connectivity index is 1.35. The van der Waals surface area contributed by atoms with Crippen molar-refractivity contribution in [2.24, 2.45) is 0 Å². The summed E-state index contributed by atoms with van der Waals surface area (Å²) in [6.45, 7) is 0. The Bertz CT molecular complexity index is 2060. The number of benzene rings is 7. The van der Waals surface area contributed by atoms with Crippen LogP contribution in [-0.4, -0.2) is 0 Å². The first-order valence-corrected chi connectivity index (χ1v) is 15.4. The van der Waals surface area contributed by atoms with Crippen molar-refractivity contribution in [3.05, 3.63) is 152 Å². The zero-order valence-corrected chi connectivity index (χ0v) is 23.8. The van der Waals surface area contributed by atoms with Gasteiger partial charge in [0.1, 0.15) is 0 Å². The number of rotatable bonds is 4. The Morgan fingerprint density at radius 3 is 1.83 bits per heavy atom. The van der Waals surface area contributed by atoms with E-state index in [4.69, 9.17) is 0 Å². The van der Waals surface area contributed by atoms with Crippen molar-refractivity contribution in [3.8, 4) is 11.1 Å². The zero-order valence-electron chi connectivity index (χ0n) is 22.2. The van der Waals surface area contributed by atoms with Gasteiger partial charge in [0.2, 0.25) is 0 Å². The monoisotopic (exact) mass is 559 g/mol. The van der Waals surface area contributed by atoms with Crippen LogP contribution in [0.2, 0.25) is 0 Å². The second-order valence-electron chi connectivity index (χ2n) is 10.1. The van der Waals surface area contributed by atoms with Crippen molar-refractivity contribution in [1.29, 1.82) is 0 Å². The van der Waals surface area contributed by atoms with Crippen molar-refractivity contribution in [2.75, 3.05) is 4.90 Å². The first-order valence-electron chi connectivity index (χ1n) is 13.8. The molecule has 1 aliphatic rings. The van der Waals surface area contributed by atoms with Gasteiger partial charge < -0.3 is 4.90 Å². The molecule has 3 heteroatoms. The molecule has 1 nitrogen and oxygen atoms in total. The molecule has 1 heterocycles. The minimum atomic E-state index is 1.14. The molecule has 7 aromatic carbocycles. The van der Waals surface area contributed by atoms with Gasteiger partial charge in [0, 0.05) is 36.0 Å². The van der Waals surface area contributed by atoms with Crippen LogP contribution in [-0.2, 0) is 0 Å².